The first-order valence-electron chi connectivity index (χ1n) is 5.02. The molecule has 0 radical (unpaired) electrons. The Labute approximate surface area is 82.3 Å². The Kier molecular flexibility index (Phi) is 2.52. The highest BCUT2D eigenvalue weighted by Crippen LogP contribution is 2.22. The lowest BCUT2D eigenvalue weighted by atomic mass is 9.95. The van der Waals surface area contributed by atoms with Crippen LogP contribution in [0, 0.1) is 0 Å². The minimum Gasteiger partial charge on any atom is -0.550 e. The normalized spacial score (nSPS) is 15.1. The van der Waals surface area contributed by atoms with E-state index in [-0.39, 0.29) is 6.42 Å². The summed E-state index contributed by atoms with van der Waals surface area (Å²) >= 11 is 0. The van der Waals surface area contributed by atoms with Gasteiger partial charge in [-0.05, 0) is 44.1 Å². The largest absolute Gasteiger partial charge is 0.550 e. The lowest BCUT2D eigenvalue weighted by Crippen LogP contribution is -2.22. The fourth-order valence-electron chi connectivity index (χ4n) is 1.98. The van der Waals surface area contributed by atoms with Crippen LogP contribution in [0.2, 0.25) is 0 Å². The van der Waals surface area contributed by atoms with Gasteiger partial charge in [-0.3, -0.25) is 5.10 Å². The number of carboxylic acid groups (broad SMARTS) is 1. The maximum Gasteiger partial charge on any atom is 0.0660 e. The first kappa shape index (κ1) is 9.24. The molecular formula is C10H13N2O2-. The third kappa shape index (κ3) is 1.78. The van der Waals surface area contributed by atoms with Crippen LogP contribution in [0.5, 0.6) is 0 Å². The van der Waals surface area contributed by atoms with Crippen LogP contribution in [-0.2, 0) is 24.1 Å². The molecule has 0 bridgehead atoms. The maximum absolute atomic E-state index is 10.3. The number of carbonyl (C=O) groups excluding carboxylic acids is 1. The zero-order valence-corrected chi connectivity index (χ0v) is 8.01. The molecule has 14 heavy (non-hydrogen) atoms. The molecule has 1 heterocycles. The molecule has 0 unspecified atom stereocenters. The van der Waals surface area contributed by atoms with E-state index in [1.807, 2.05) is 0 Å². The van der Waals surface area contributed by atoms with Crippen molar-refractivity contribution in [1.29, 1.82) is 0 Å². The average Bonchev–Trinajstić information content (AvgIpc) is 2.58. The summed E-state index contributed by atoms with van der Waals surface area (Å²) in [4.78, 5) is 10.3. The summed E-state index contributed by atoms with van der Waals surface area (Å²) < 4.78 is 0. The molecule has 1 N–H and O–H groups in total. The average molecular weight is 193 g/mol. The number of H-pyrrole nitrogens is 1. The van der Waals surface area contributed by atoms with E-state index in [2.05, 4.69) is 10.2 Å². The van der Waals surface area contributed by atoms with Crippen molar-refractivity contribution in [2.24, 2.45) is 0 Å². The molecule has 1 aliphatic rings. The van der Waals surface area contributed by atoms with Crippen molar-refractivity contribution in [3.63, 3.8) is 0 Å². The maximum atomic E-state index is 10.3. The lowest BCUT2D eigenvalue weighted by Gasteiger charge is -2.11. The highest BCUT2D eigenvalue weighted by Gasteiger charge is 2.15. The Morgan fingerprint density at radius 3 is 3.00 bits per heavy atom. The molecule has 0 saturated heterocycles. The van der Waals surface area contributed by atoms with Crippen molar-refractivity contribution in [3.8, 4) is 0 Å². The van der Waals surface area contributed by atoms with Gasteiger partial charge in [-0.1, -0.05) is 0 Å². The van der Waals surface area contributed by atoms with E-state index in [1.165, 1.54) is 24.1 Å². The van der Waals surface area contributed by atoms with E-state index in [1.54, 1.807) is 0 Å². The van der Waals surface area contributed by atoms with Crippen LogP contribution >= 0.6 is 0 Å². The summed E-state index contributed by atoms with van der Waals surface area (Å²) in [5.41, 5.74) is 3.37. The van der Waals surface area contributed by atoms with Crippen molar-refractivity contribution in [2.45, 2.75) is 38.5 Å². The second-order valence-electron chi connectivity index (χ2n) is 3.71. The number of hydrogen-bond donors (Lipinski definition) is 1. The van der Waals surface area contributed by atoms with Crippen LogP contribution < -0.4 is 5.11 Å². The minimum absolute atomic E-state index is 0.0668. The topological polar surface area (TPSA) is 68.8 Å². The molecular weight excluding hydrogens is 180 g/mol. The standard InChI is InChI=1S/C10H14N2O2/c13-10(14)6-5-9-7-3-1-2-4-8(7)11-12-9/h1-6H2,(H,11,12)(H,13,14)/p-1. The van der Waals surface area contributed by atoms with Crippen molar-refractivity contribution in [3.05, 3.63) is 17.0 Å². The summed E-state index contributed by atoms with van der Waals surface area (Å²) in [6.07, 6.45) is 5.04. The Balaban J connectivity index is 2.10. The summed E-state index contributed by atoms with van der Waals surface area (Å²) in [7, 11) is 0. The molecule has 0 spiro atoms. The van der Waals surface area contributed by atoms with Gasteiger partial charge in [0, 0.05) is 11.7 Å². The summed E-state index contributed by atoms with van der Waals surface area (Å²) in [5, 5.41) is 17.5. The molecule has 4 nitrogen and oxygen atoms in total. The molecule has 0 fully saturated rings. The van der Waals surface area contributed by atoms with Crippen LogP contribution in [0.25, 0.3) is 0 Å². The highest BCUT2D eigenvalue weighted by atomic mass is 16.4. The first-order valence-corrected chi connectivity index (χ1v) is 5.02. The molecule has 1 aliphatic carbocycles. The number of fused-ring (bicyclic) bond motifs is 1. The van der Waals surface area contributed by atoms with E-state index in [0.29, 0.717) is 6.42 Å². The monoisotopic (exact) mass is 193 g/mol. The smallest absolute Gasteiger partial charge is 0.0660 e. The molecule has 0 atom stereocenters. The number of aliphatic carboxylic acids is 1. The van der Waals surface area contributed by atoms with Crippen LogP contribution in [-0.4, -0.2) is 16.2 Å². The Morgan fingerprint density at radius 2 is 2.21 bits per heavy atom. The quantitative estimate of drug-likeness (QED) is 0.733. The second kappa shape index (κ2) is 3.82. The molecule has 0 aliphatic heterocycles. The number of carboxylic acids is 1. The number of aryl methyl sites for hydroxylation is 2. The highest BCUT2D eigenvalue weighted by molar-refractivity contribution is 5.64. The van der Waals surface area contributed by atoms with Gasteiger partial charge in [-0.25, -0.2) is 0 Å². The van der Waals surface area contributed by atoms with Gasteiger partial charge in [0.2, 0.25) is 0 Å². The Hall–Kier alpha value is -1.32. The fraction of sp³-hybridized carbons (Fsp3) is 0.600. The molecule has 2 rings (SSSR count). The number of nitrogens with one attached hydrogen (secondary N) is 1. The molecule has 1 aromatic heterocycles. The van der Waals surface area contributed by atoms with E-state index in [0.717, 1.165) is 18.5 Å². The summed E-state index contributed by atoms with van der Waals surface area (Å²) in [6.45, 7) is 0. The number of nitrogens with zero attached hydrogens (tertiary/aromatic N) is 1. The Morgan fingerprint density at radius 1 is 1.43 bits per heavy atom. The van der Waals surface area contributed by atoms with Crippen LogP contribution in [0.3, 0.4) is 0 Å². The number of aromatic amines is 1. The van der Waals surface area contributed by atoms with Gasteiger partial charge in [0.25, 0.3) is 0 Å². The number of rotatable bonds is 3. The van der Waals surface area contributed by atoms with Gasteiger partial charge in [0.1, 0.15) is 0 Å². The van der Waals surface area contributed by atoms with Crippen molar-refractivity contribution in [2.75, 3.05) is 0 Å². The van der Waals surface area contributed by atoms with Crippen molar-refractivity contribution in [1.82, 2.24) is 10.2 Å². The van der Waals surface area contributed by atoms with Gasteiger partial charge in [0.15, 0.2) is 0 Å². The third-order valence-electron chi connectivity index (χ3n) is 2.71. The lowest BCUT2D eigenvalue weighted by molar-refractivity contribution is -0.305. The predicted octanol–water partition coefficient (Wildman–Crippen LogP) is -0.0290. The first-order chi connectivity index (χ1) is 6.77. The van der Waals surface area contributed by atoms with Gasteiger partial charge in [-0.2, -0.15) is 5.10 Å². The Bertz CT molecular complexity index is 344. The van der Waals surface area contributed by atoms with E-state index in [4.69, 9.17) is 0 Å². The van der Waals surface area contributed by atoms with Gasteiger partial charge >= 0.3 is 0 Å². The van der Waals surface area contributed by atoms with E-state index < -0.39 is 5.97 Å². The number of carbonyl (C=O) groups is 1. The van der Waals surface area contributed by atoms with Crippen LogP contribution in [0.15, 0.2) is 0 Å². The second-order valence-corrected chi connectivity index (χ2v) is 3.71. The zero-order chi connectivity index (χ0) is 9.97. The van der Waals surface area contributed by atoms with Crippen LogP contribution in [0.4, 0.5) is 0 Å². The molecule has 0 saturated carbocycles. The summed E-state index contributed by atoms with van der Waals surface area (Å²) in [5.74, 6) is -1.00. The van der Waals surface area contributed by atoms with Gasteiger partial charge in [-0.15, -0.1) is 0 Å². The fourth-order valence-corrected chi connectivity index (χ4v) is 1.98. The SMILES string of the molecule is O=C([O-])CCc1n[nH]c2c1CCCC2. The molecule has 1 aromatic rings. The number of hydrogen-bond acceptors (Lipinski definition) is 3. The molecule has 0 aromatic carbocycles. The minimum atomic E-state index is -1.00. The van der Waals surface area contributed by atoms with Crippen molar-refractivity contribution < 1.29 is 9.90 Å². The van der Waals surface area contributed by atoms with Crippen molar-refractivity contribution >= 4 is 5.97 Å². The zero-order valence-electron chi connectivity index (χ0n) is 8.01. The van der Waals surface area contributed by atoms with Gasteiger partial charge < -0.3 is 9.90 Å². The molecule has 4 heteroatoms. The molecule has 0 amide bonds. The van der Waals surface area contributed by atoms with E-state index in [9.17, 15) is 9.90 Å². The number of aromatic nitrogens is 2. The van der Waals surface area contributed by atoms with E-state index >= 15 is 0 Å². The third-order valence-corrected chi connectivity index (χ3v) is 2.71. The predicted molar refractivity (Wildman–Crippen MR) is 48.6 cm³/mol. The van der Waals surface area contributed by atoms with Crippen LogP contribution in [0.1, 0.15) is 36.2 Å². The van der Waals surface area contributed by atoms with Gasteiger partial charge in [0.05, 0.1) is 5.69 Å². The molecule has 76 valence electrons. The summed E-state index contributed by atoms with van der Waals surface area (Å²) in [6, 6.07) is 0.